The van der Waals surface area contributed by atoms with E-state index < -0.39 is 0 Å². The average molecular weight is 292 g/mol. The highest BCUT2D eigenvalue weighted by Crippen LogP contribution is 2.22. The van der Waals surface area contributed by atoms with Crippen molar-refractivity contribution in [2.45, 2.75) is 0 Å². The number of hydrogen-bond donors (Lipinski definition) is 0. The van der Waals surface area contributed by atoms with Crippen molar-refractivity contribution in [1.29, 1.82) is 0 Å². The van der Waals surface area contributed by atoms with Gasteiger partial charge in [0.1, 0.15) is 18.1 Å². The van der Waals surface area contributed by atoms with Crippen LogP contribution in [0.3, 0.4) is 0 Å². The van der Waals surface area contributed by atoms with Gasteiger partial charge in [0.2, 0.25) is 0 Å². The molecule has 0 saturated heterocycles. The lowest BCUT2D eigenvalue weighted by Gasteiger charge is -2.14. The van der Waals surface area contributed by atoms with Gasteiger partial charge in [-0.05, 0) is 18.2 Å². The zero-order valence-electron chi connectivity index (χ0n) is 11.7. The van der Waals surface area contributed by atoms with Gasteiger partial charge in [-0.3, -0.25) is 14.5 Å². The molecule has 108 valence electrons. The third-order valence-corrected chi connectivity index (χ3v) is 3.34. The Hall–Kier alpha value is -3.13. The first-order valence-corrected chi connectivity index (χ1v) is 6.71. The van der Waals surface area contributed by atoms with Crippen molar-refractivity contribution < 1.29 is 14.3 Å². The van der Waals surface area contributed by atoms with Gasteiger partial charge >= 0.3 is 0 Å². The van der Waals surface area contributed by atoms with Gasteiger partial charge in [0.25, 0.3) is 11.8 Å². The maximum Gasteiger partial charge on any atom is 0.261 e. The van der Waals surface area contributed by atoms with Gasteiger partial charge in [-0.15, -0.1) is 6.42 Å². The Morgan fingerprint density at radius 1 is 1.14 bits per heavy atom. The molecule has 1 aliphatic heterocycles. The van der Waals surface area contributed by atoms with E-state index in [0.717, 1.165) is 0 Å². The molecule has 2 heterocycles. The van der Waals surface area contributed by atoms with Gasteiger partial charge in [-0.25, -0.2) is 4.98 Å². The lowest BCUT2D eigenvalue weighted by molar-refractivity contribution is 0.0631. The molecule has 5 nitrogen and oxygen atoms in total. The van der Waals surface area contributed by atoms with Crippen LogP contribution in [-0.4, -0.2) is 34.8 Å². The maximum atomic E-state index is 12.2. The third kappa shape index (κ3) is 2.42. The molecule has 3 rings (SSSR count). The molecule has 1 aliphatic rings. The van der Waals surface area contributed by atoms with E-state index in [1.165, 1.54) is 4.90 Å². The largest absolute Gasteiger partial charge is 0.492 e. The fourth-order valence-electron chi connectivity index (χ4n) is 2.28. The monoisotopic (exact) mass is 292 g/mol. The molecule has 0 aliphatic carbocycles. The molecular formula is C17H12N2O3. The van der Waals surface area contributed by atoms with E-state index >= 15 is 0 Å². The summed E-state index contributed by atoms with van der Waals surface area (Å²) >= 11 is 0. The van der Waals surface area contributed by atoms with Crippen LogP contribution in [0.5, 0.6) is 5.75 Å². The quantitative estimate of drug-likeness (QED) is 0.636. The second-order valence-electron chi connectivity index (χ2n) is 4.68. The van der Waals surface area contributed by atoms with Crippen LogP contribution in [0, 0.1) is 12.3 Å². The highest BCUT2D eigenvalue weighted by molar-refractivity contribution is 6.21. The number of hydrogen-bond acceptors (Lipinski definition) is 4. The number of aromatic nitrogens is 1. The molecule has 0 radical (unpaired) electrons. The van der Waals surface area contributed by atoms with Crippen LogP contribution in [0.1, 0.15) is 26.4 Å². The Kier molecular flexibility index (Phi) is 3.58. The summed E-state index contributed by atoms with van der Waals surface area (Å²) in [5, 5.41) is 0. The van der Waals surface area contributed by atoms with Gasteiger partial charge in [-0.1, -0.05) is 18.1 Å². The Morgan fingerprint density at radius 3 is 2.45 bits per heavy atom. The van der Waals surface area contributed by atoms with Crippen LogP contribution in [-0.2, 0) is 0 Å². The summed E-state index contributed by atoms with van der Waals surface area (Å²) in [6, 6.07) is 10.1. The summed E-state index contributed by atoms with van der Waals surface area (Å²) < 4.78 is 5.52. The number of benzene rings is 1. The van der Waals surface area contributed by atoms with E-state index in [9.17, 15) is 9.59 Å². The number of imide groups is 1. The summed E-state index contributed by atoms with van der Waals surface area (Å²) in [4.78, 5) is 29.5. The Balaban J connectivity index is 1.65. The summed E-state index contributed by atoms with van der Waals surface area (Å²) in [6.07, 6.45) is 6.81. The fourth-order valence-corrected chi connectivity index (χ4v) is 2.28. The number of carbonyl (C=O) groups is 2. The van der Waals surface area contributed by atoms with Crippen molar-refractivity contribution in [2.75, 3.05) is 13.2 Å². The van der Waals surface area contributed by atoms with Gasteiger partial charge in [0.05, 0.1) is 17.7 Å². The minimum Gasteiger partial charge on any atom is -0.492 e. The highest BCUT2D eigenvalue weighted by atomic mass is 16.5. The number of nitrogens with zero attached hydrogens (tertiary/aromatic N) is 2. The number of pyridine rings is 1. The van der Waals surface area contributed by atoms with Crippen molar-refractivity contribution in [2.24, 2.45) is 0 Å². The first-order valence-electron chi connectivity index (χ1n) is 6.71. The first kappa shape index (κ1) is 13.8. The summed E-state index contributed by atoms with van der Waals surface area (Å²) in [6.45, 7) is 0.375. The summed E-state index contributed by atoms with van der Waals surface area (Å²) in [5.41, 5.74) is 1.34. The Morgan fingerprint density at radius 2 is 1.82 bits per heavy atom. The van der Waals surface area contributed by atoms with Gasteiger partial charge in [-0.2, -0.15) is 0 Å². The second-order valence-corrected chi connectivity index (χ2v) is 4.68. The van der Waals surface area contributed by atoms with E-state index in [0.29, 0.717) is 22.6 Å². The molecule has 0 N–H and O–H groups in total. The number of rotatable bonds is 4. The van der Waals surface area contributed by atoms with Crippen LogP contribution >= 0.6 is 0 Å². The zero-order chi connectivity index (χ0) is 15.5. The molecule has 1 aromatic heterocycles. The van der Waals surface area contributed by atoms with Crippen LogP contribution in [0.4, 0.5) is 0 Å². The van der Waals surface area contributed by atoms with Crippen molar-refractivity contribution in [3.63, 3.8) is 0 Å². The topological polar surface area (TPSA) is 59.5 Å². The molecule has 0 saturated carbocycles. The molecule has 1 aromatic carbocycles. The normalized spacial score (nSPS) is 13.0. The molecule has 22 heavy (non-hydrogen) atoms. The molecular weight excluding hydrogens is 280 g/mol. The molecule has 5 heteroatoms. The molecule has 0 fully saturated rings. The Bertz CT molecular complexity index is 757. The van der Waals surface area contributed by atoms with Gasteiger partial charge < -0.3 is 4.74 Å². The van der Waals surface area contributed by atoms with Crippen molar-refractivity contribution >= 4 is 11.8 Å². The standard InChI is InChI=1S/C17H12N2O3/c1-2-12-11-13(7-8-18-12)22-10-9-19-16(20)14-5-3-4-6-15(14)17(19)21/h1,3-8,11H,9-10H2. The van der Waals surface area contributed by atoms with E-state index in [-0.39, 0.29) is 25.0 Å². The fraction of sp³-hybridized carbons (Fsp3) is 0.118. The van der Waals surface area contributed by atoms with Crippen LogP contribution < -0.4 is 4.74 Å². The second kappa shape index (κ2) is 5.70. The predicted octanol–water partition coefficient (Wildman–Crippen LogP) is 1.74. The summed E-state index contributed by atoms with van der Waals surface area (Å²) in [5.74, 6) is 2.39. The van der Waals surface area contributed by atoms with Crippen LogP contribution in [0.2, 0.25) is 0 Å². The van der Waals surface area contributed by atoms with Crippen LogP contribution in [0.15, 0.2) is 42.6 Å². The summed E-state index contributed by atoms with van der Waals surface area (Å²) in [7, 11) is 0. The highest BCUT2D eigenvalue weighted by Gasteiger charge is 2.34. The van der Waals surface area contributed by atoms with E-state index in [1.807, 2.05) is 0 Å². The molecule has 2 amide bonds. The maximum absolute atomic E-state index is 12.2. The van der Waals surface area contributed by atoms with E-state index in [1.54, 1.807) is 42.6 Å². The molecule has 0 unspecified atom stereocenters. The van der Waals surface area contributed by atoms with Gasteiger partial charge in [0.15, 0.2) is 0 Å². The Labute approximate surface area is 127 Å². The van der Waals surface area contributed by atoms with E-state index in [2.05, 4.69) is 10.9 Å². The minimum absolute atomic E-state index is 0.181. The van der Waals surface area contributed by atoms with Crippen molar-refractivity contribution in [1.82, 2.24) is 9.88 Å². The third-order valence-electron chi connectivity index (χ3n) is 3.34. The van der Waals surface area contributed by atoms with Gasteiger partial charge in [0, 0.05) is 12.3 Å². The zero-order valence-corrected chi connectivity index (χ0v) is 11.7. The van der Waals surface area contributed by atoms with Crippen molar-refractivity contribution in [3.8, 4) is 18.1 Å². The number of terminal acetylenes is 1. The molecule has 2 aromatic rings. The van der Waals surface area contributed by atoms with Crippen molar-refractivity contribution in [3.05, 3.63) is 59.4 Å². The average Bonchev–Trinajstić information content (AvgIpc) is 2.80. The molecule has 0 bridgehead atoms. The number of carbonyl (C=O) groups excluding carboxylic acids is 2. The first-order chi connectivity index (χ1) is 10.7. The van der Waals surface area contributed by atoms with Crippen LogP contribution in [0.25, 0.3) is 0 Å². The number of amides is 2. The lowest BCUT2D eigenvalue weighted by atomic mass is 10.1. The lowest BCUT2D eigenvalue weighted by Crippen LogP contribution is -2.33. The molecule has 0 spiro atoms. The smallest absolute Gasteiger partial charge is 0.261 e. The minimum atomic E-state index is -0.289. The molecule has 0 atom stereocenters. The predicted molar refractivity (Wildman–Crippen MR) is 79.5 cm³/mol. The number of ether oxygens (including phenoxy) is 1. The number of fused-ring (bicyclic) bond motifs is 1. The SMILES string of the molecule is C#Cc1cc(OCCN2C(=O)c3ccccc3C2=O)ccn1. The van der Waals surface area contributed by atoms with E-state index in [4.69, 9.17) is 11.2 Å².